The summed E-state index contributed by atoms with van der Waals surface area (Å²) in [4.78, 5) is 4.64. The topological polar surface area (TPSA) is 60.2 Å². The number of rotatable bonds is 7. The first kappa shape index (κ1) is 15.4. The maximum Gasteiger partial charge on any atom is 0.231 e. The smallest absolute Gasteiger partial charge is 0.231 e. The molecule has 1 aromatic rings. The summed E-state index contributed by atoms with van der Waals surface area (Å²) in [5, 5.41) is 7.67. The van der Waals surface area contributed by atoms with E-state index < -0.39 is 0 Å². The van der Waals surface area contributed by atoms with E-state index in [0.717, 1.165) is 37.5 Å². The van der Waals surface area contributed by atoms with Gasteiger partial charge in [0.25, 0.3) is 0 Å². The molecule has 1 saturated carbocycles. The van der Waals surface area contributed by atoms with E-state index in [4.69, 9.17) is 9.26 Å². The van der Waals surface area contributed by atoms with E-state index in [2.05, 4.69) is 36.2 Å². The highest BCUT2D eigenvalue weighted by molar-refractivity contribution is 5.07. The second-order valence-corrected chi connectivity index (χ2v) is 5.72. The van der Waals surface area contributed by atoms with Crippen molar-refractivity contribution in [3.05, 3.63) is 11.7 Å². The van der Waals surface area contributed by atoms with Crippen molar-refractivity contribution in [3.63, 3.8) is 0 Å². The molecule has 0 aromatic carbocycles. The molecule has 1 aliphatic rings. The lowest BCUT2D eigenvalue weighted by atomic mass is 9.98. The molecule has 20 heavy (non-hydrogen) atoms. The van der Waals surface area contributed by atoms with Gasteiger partial charge in [-0.3, -0.25) is 0 Å². The van der Waals surface area contributed by atoms with Crippen LogP contribution in [0.3, 0.4) is 0 Å². The summed E-state index contributed by atoms with van der Waals surface area (Å²) in [6.45, 7) is 7.38. The molecule has 0 aliphatic heterocycles. The van der Waals surface area contributed by atoms with Crippen LogP contribution in [-0.2, 0) is 10.3 Å². The van der Waals surface area contributed by atoms with Crippen LogP contribution in [-0.4, -0.2) is 29.8 Å². The van der Waals surface area contributed by atoms with Crippen LogP contribution in [0.4, 0.5) is 0 Å². The number of nitrogens with one attached hydrogen (secondary N) is 1. The van der Waals surface area contributed by atoms with Crippen molar-refractivity contribution >= 4 is 0 Å². The van der Waals surface area contributed by atoms with Crippen molar-refractivity contribution in [1.82, 2.24) is 15.5 Å². The minimum atomic E-state index is -0.318. The lowest BCUT2D eigenvalue weighted by Crippen LogP contribution is -2.33. The van der Waals surface area contributed by atoms with E-state index in [0.29, 0.717) is 6.04 Å². The Morgan fingerprint density at radius 3 is 2.60 bits per heavy atom. The third kappa shape index (κ3) is 2.88. The average Bonchev–Trinajstić information content (AvgIpc) is 3.12. The highest BCUT2D eigenvalue weighted by Crippen LogP contribution is 2.40. The van der Waals surface area contributed by atoms with E-state index in [1.807, 2.05) is 0 Å². The largest absolute Gasteiger partial charge is 0.370 e. The molecule has 0 radical (unpaired) electrons. The van der Waals surface area contributed by atoms with Crippen LogP contribution < -0.4 is 5.32 Å². The van der Waals surface area contributed by atoms with Gasteiger partial charge >= 0.3 is 0 Å². The van der Waals surface area contributed by atoms with Gasteiger partial charge < -0.3 is 14.6 Å². The first-order valence-corrected chi connectivity index (χ1v) is 7.79. The molecule has 114 valence electrons. The SMILES string of the molecule is CCNC(CC)C(C)c1nc(C2(OC)CCCC2)no1. The summed E-state index contributed by atoms with van der Waals surface area (Å²) in [5.41, 5.74) is -0.318. The lowest BCUT2D eigenvalue weighted by Gasteiger charge is -2.23. The van der Waals surface area contributed by atoms with Crippen LogP contribution in [0, 0.1) is 0 Å². The second-order valence-electron chi connectivity index (χ2n) is 5.72. The van der Waals surface area contributed by atoms with Gasteiger partial charge in [-0.25, -0.2) is 0 Å². The zero-order valence-corrected chi connectivity index (χ0v) is 13.1. The second kappa shape index (κ2) is 6.68. The first-order valence-electron chi connectivity index (χ1n) is 7.79. The zero-order valence-electron chi connectivity index (χ0n) is 13.1. The molecule has 0 spiro atoms. The van der Waals surface area contributed by atoms with Gasteiger partial charge in [0.1, 0.15) is 5.60 Å². The number of aromatic nitrogens is 2. The standard InChI is InChI=1S/C15H27N3O2/c1-5-12(16-6-2)11(3)13-17-14(18-20-13)15(19-4)9-7-8-10-15/h11-12,16H,5-10H2,1-4H3. The monoisotopic (exact) mass is 281 g/mol. The van der Waals surface area contributed by atoms with Gasteiger partial charge in [0.2, 0.25) is 11.7 Å². The number of nitrogens with zero attached hydrogens (tertiary/aromatic N) is 2. The lowest BCUT2D eigenvalue weighted by molar-refractivity contribution is -0.0178. The Bertz CT molecular complexity index is 413. The van der Waals surface area contributed by atoms with E-state index in [-0.39, 0.29) is 11.5 Å². The summed E-state index contributed by atoms with van der Waals surface area (Å²) in [5.74, 6) is 1.67. The van der Waals surface area contributed by atoms with Gasteiger partial charge in [-0.05, 0) is 38.6 Å². The Morgan fingerprint density at radius 2 is 2.05 bits per heavy atom. The fourth-order valence-corrected chi connectivity index (χ4v) is 3.18. The Hall–Kier alpha value is -0.940. The summed E-state index contributed by atoms with van der Waals surface area (Å²) < 4.78 is 11.2. The predicted octanol–water partition coefficient (Wildman–Crippen LogP) is 2.98. The van der Waals surface area contributed by atoms with Crippen LogP contribution in [0.5, 0.6) is 0 Å². The summed E-state index contributed by atoms with van der Waals surface area (Å²) in [6.07, 6.45) is 5.36. The Balaban J connectivity index is 2.15. The van der Waals surface area contributed by atoms with Crippen LogP contribution in [0.25, 0.3) is 0 Å². The highest BCUT2D eigenvalue weighted by Gasteiger charge is 2.40. The molecule has 1 aliphatic carbocycles. The van der Waals surface area contributed by atoms with Crippen LogP contribution >= 0.6 is 0 Å². The Kier molecular flexibility index (Phi) is 5.16. The van der Waals surface area contributed by atoms with Crippen molar-refractivity contribution in [2.24, 2.45) is 0 Å². The summed E-state index contributed by atoms with van der Waals surface area (Å²) in [7, 11) is 1.75. The highest BCUT2D eigenvalue weighted by atomic mass is 16.5. The molecule has 5 heteroatoms. The number of likely N-dealkylation sites (N-methyl/N-ethyl adjacent to an activating group) is 1. The quantitative estimate of drug-likeness (QED) is 0.832. The summed E-state index contributed by atoms with van der Waals surface area (Å²) in [6, 6.07) is 0.371. The Labute approximate surface area is 121 Å². The Morgan fingerprint density at radius 1 is 1.35 bits per heavy atom. The number of hydrogen-bond donors (Lipinski definition) is 1. The maximum atomic E-state index is 5.71. The van der Waals surface area contributed by atoms with Crippen molar-refractivity contribution in [3.8, 4) is 0 Å². The van der Waals surface area contributed by atoms with Crippen LogP contribution in [0.15, 0.2) is 4.52 Å². The van der Waals surface area contributed by atoms with E-state index in [1.54, 1.807) is 7.11 Å². The third-order valence-electron chi connectivity index (χ3n) is 4.55. The van der Waals surface area contributed by atoms with Crippen LogP contribution in [0.1, 0.15) is 70.5 Å². The van der Waals surface area contributed by atoms with Gasteiger partial charge in [-0.1, -0.05) is 25.9 Å². The number of hydrogen-bond acceptors (Lipinski definition) is 5. The van der Waals surface area contributed by atoms with Crippen molar-refractivity contribution in [2.45, 2.75) is 70.4 Å². The molecule has 2 atom stereocenters. The predicted molar refractivity (Wildman–Crippen MR) is 77.6 cm³/mol. The third-order valence-corrected chi connectivity index (χ3v) is 4.55. The maximum absolute atomic E-state index is 5.71. The van der Waals surface area contributed by atoms with Crippen molar-refractivity contribution in [2.75, 3.05) is 13.7 Å². The molecule has 0 bridgehead atoms. The molecule has 1 N–H and O–H groups in total. The van der Waals surface area contributed by atoms with E-state index in [1.165, 1.54) is 12.8 Å². The molecule has 2 unspecified atom stereocenters. The molecular formula is C15H27N3O2. The van der Waals surface area contributed by atoms with Gasteiger partial charge in [-0.2, -0.15) is 4.98 Å². The fourth-order valence-electron chi connectivity index (χ4n) is 3.18. The van der Waals surface area contributed by atoms with Crippen molar-refractivity contribution in [1.29, 1.82) is 0 Å². The summed E-state index contributed by atoms with van der Waals surface area (Å²) >= 11 is 0. The molecule has 0 saturated heterocycles. The zero-order chi connectivity index (χ0) is 14.6. The van der Waals surface area contributed by atoms with Crippen molar-refractivity contribution < 1.29 is 9.26 Å². The molecule has 2 rings (SSSR count). The molecule has 1 heterocycles. The number of ether oxygens (including phenoxy) is 1. The molecule has 1 fully saturated rings. The molecule has 5 nitrogen and oxygen atoms in total. The number of methoxy groups -OCH3 is 1. The average molecular weight is 281 g/mol. The van der Waals surface area contributed by atoms with E-state index >= 15 is 0 Å². The van der Waals surface area contributed by atoms with E-state index in [9.17, 15) is 0 Å². The van der Waals surface area contributed by atoms with Gasteiger partial charge in [-0.15, -0.1) is 0 Å². The minimum absolute atomic E-state index is 0.219. The van der Waals surface area contributed by atoms with Gasteiger partial charge in [0, 0.05) is 13.2 Å². The normalized spacial score (nSPS) is 21.0. The van der Waals surface area contributed by atoms with Gasteiger partial charge in [0.05, 0.1) is 5.92 Å². The fraction of sp³-hybridized carbons (Fsp3) is 0.867. The molecule has 0 amide bonds. The molecular weight excluding hydrogens is 254 g/mol. The van der Waals surface area contributed by atoms with Gasteiger partial charge in [0.15, 0.2) is 0 Å². The molecule has 1 aromatic heterocycles. The first-order chi connectivity index (χ1) is 9.66. The van der Waals surface area contributed by atoms with Crippen LogP contribution in [0.2, 0.25) is 0 Å². The minimum Gasteiger partial charge on any atom is -0.370 e.